The van der Waals surface area contributed by atoms with Crippen LogP contribution in [-0.2, 0) is 44.5 Å². The number of anilines is 1. The van der Waals surface area contributed by atoms with Crippen LogP contribution in [0.3, 0.4) is 0 Å². The first kappa shape index (κ1) is 48.4. The zero-order valence-corrected chi connectivity index (χ0v) is 38.1. The predicted octanol–water partition coefficient (Wildman–Crippen LogP) is 6.29. The summed E-state index contributed by atoms with van der Waals surface area (Å²) in [5.74, 6) is -0.894. The van der Waals surface area contributed by atoms with Crippen LogP contribution in [0.15, 0.2) is 35.9 Å². The minimum Gasteiger partial charge on any atom is -0.495 e. The molecule has 3 aliphatic heterocycles. The number of esters is 1. The van der Waals surface area contributed by atoms with Gasteiger partial charge in [-0.15, -0.1) is 0 Å². The SMILES string of the molecule is COc1cc2cc(c1Cl)N(C)C(=O)C[C@@H](OC(=O)[C@@H](C)N(C)C(=O)CCSSC(C)CCC(C)=O)[C@@]1(C)CO[C@@H]1[C@@H](C)[C@H]1C[C@](O)(NC(=O)O1)[C@@H](OC)/C=C/C=C(\C)C2. The highest BCUT2D eigenvalue weighted by Gasteiger charge is 2.58. The quantitative estimate of drug-likeness (QED) is 0.129. The van der Waals surface area contributed by atoms with Crippen LogP contribution in [0.4, 0.5) is 10.5 Å². The molecule has 0 spiro atoms. The normalized spacial score (nSPS) is 29.9. The Morgan fingerprint density at radius 1 is 1.19 bits per heavy atom. The van der Waals surface area contributed by atoms with Crippen LogP contribution in [0.5, 0.6) is 5.75 Å². The van der Waals surface area contributed by atoms with E-state index < -0.39 is 65.5 Å². The molecule has 2 saturated heterocycles. The molecule has 9 atom stereocenters. The number of hydrogen-bond donors (Lipinski definition) is 2. The van der Waals surface area contributed by atoms with Crippen LogP contribution in [0.25, 0.3) is 0 Å². The largest absolute Gasteiger partial charge is 0.495 e. The van der Waals surface area contributed by atoms with Crippen molar-refractivity contribution in [2.75, 3.05) is 45.6 Å². The van der Waals surface area contributed by atoms with Crippen LogP contribution in [-0.4, -0.2) is 122 Å². The molecule has 1 aromatic carbocycles. The lowest BCUT2D eigenvalue weighted by molar-refractivity contribution is -0.261. The summed E-state index contributed by atoms with van der Waals surface area (Å²) >= 11 is 6.81. The topological polar surface area (TPSA) is 170 Å². The van der Waals surface area contributed by atoms with Gasteiger partial charge in [-0.25, -0.2) is 9.59 Å². The van der Waals surface area contributed by atoms with Gasteiger partial charge in [0.05, 0.1) is 37.3 Å². The Hall–Kier alpha value is -3.28. The van der Waals surface area contributed by atoms with Gasteiger partial charge in [-0.05, 0) is 51.3 Å². The summed E-state index contributed by atoms with van der Waals surface area (Å²) < 4.78 is 29.4. The Morgan fingerprint density at radius 2 is 1.90 bits per heavy atom. The Bertz CT molecular complexity index is 1780. The molecule has 0 aromatic heterocycles. The maximum Gasteiger partial charge on any atom is 0.409 e. The summed E-state index contributed by atoms with van der Waals surface area (Å²) in [6.07, 6.45) is 2.42. The van der Waals surface area contributed by atoms with Crippen molar-refractivity contribution in [1.82, 2.24) is 10.2 Å². The summed E-state index contributed by atoms with van der Waals surface area (Å²) in [6, 6.07) is 2.61. The highest BCUT2D eigenvalue weighted by atomic mass is 35.5. The van der Waals surface area contributed by atoms with Crippen molar-refractivity contribution in [2.45, 2.75) is 121 Å². The Kier molecular flexibility index (Phi) is 17.2. The number of carbonyl (C=O) groups is 5. The first-order valence-electron chi connectivity index (χ1n) is 19.8. The molecule has 0 radical (unpaired) electrons. The number of ketones is 1. The van der Waals surface area contributed by atoms with Crippen molar-refractivity contribution in [3.8, 4) is 5.75 Å². The maximum atomic E-state index is 14.3. The van der Waals surface area contributed by atoms with E-state index in [9.17, 15) is 29.1 Å². The number of halogens is 1. The van der Waals surface area contributed by atoms with Crippen molar-refractivity contribution >= 4 is 68.5 Å². The number of aliphatic hydroxyl groups is 1. The van der Waals surface area contributed by atoms with Gasteiger partial charge in [0.2, 0.25) is 11.8 Å². The second kappa shape index (κ2) is 21.0. The molecule has 3 heterocycles. The molecular formula is C42H60ClN3O11S2. The molecule has 4 rings (SSSR count). The van der Waals surface area contributed by atoms with E-state index in [1.807, 2.05) is 33.8 Å². The molecule has 59 heavy (non-hydrogen) atoms. The summed E-state index contributed by atoms with van der Waals surface area (Å²) in [4.78, 5) is 68.7. The number of methoxy groups -OCH3 is 2. The molecule has 14 nitrogen and oxygen atoms in total. The van der Waals surface area contributed by atoms with Gasteiger partial charge in [0, 0.05) is 57.4 Å². The lowest BCUT2D eigenvalue weighted by Crippen LogP contribution is -2.67. The second-order valence-corrected chi connectivity index (χ2v) is 19.4. The van der Waals surface area contributed by atoms with E-state index >= 15 is 0 Å². The van der Waals surface area contributed by atoms with E-state index in [4.69, 9.17) is 35.3 Å². The highest BCUT2D eigenvalue weighted by Crippen LogP contribution is 2.47. The number of likely N-dealkylation sites (N-methyl/N-ethyl adjacent to an activating group) is 1. The van der Waals surface area contributed by atoms with Gasteiger partial charge in [-0.2, -0.15) is 0 Å². The third kappa shape index (κ3) is 12.0. The van der Waals surface area contributed by atoms with Crippen LogP contribution >= 0.6 is 33.2 Å². The monoisotopic (exact) mass is 881 g/mol. The standard InChI is InChI=1S/C42H60ClN3O11S2/c1-24-12-11-13-33(54-10)42(52)22-32(56-40(51)44-42)27(4)38-41(6,23-55-38)34(21-36(49)46(8)30-19-29(18-24)20-31(53-9)37(30)43)57-39(50)28(5)45(7)35(48)16-17-58-59-26(3)15-14-25(2)47/h11-13,19-20,26-28,32-34,38,52H,14-18,21-23H2,1-10H3,(H,44,51)/b13-11+,24-12+/t26?,27-,28+,32+,33-,34+,38+,41+,42+/m0/s1. The van der Waals surface area contributed by atoms with Crippen molar-refractivity contribution < 1.29 is 52.8 Å². The van der Waals surface area contributed by atoms with Crippen LogP contribution in [0.1, 0.15) is 79.2 Å². The number of alkyl carbamates (subject to hydrolysis) is 1. The number of ether oxygens (including phenoxy) is 5. The van der Waals surface area contributed by atoms with Gasteiger partial charge in [-0.3, -0.25) is 14.9 Å². The highest BCUT2D eigenvalue weighted by molar-refractivity contribution is 8.76. The minimum atomic E-state index is -1.84. The first-order chi connectivity index (χ1) is 27.7. The predicted molar refractivity (Wildman–Crippen MR) is 230 cm³/mol. The number of carbonyl (C=O) groups excluding carboxylic acids is 5. The summed E-state index contributed by atoms with van der Waals surface area (Å²) in [7, 11) is 9.23. The van der Waals surface area contributed by atoms with E-state index in [1.165, 1.54) is 24.0 Å². The Labute approximate surface area is 360 Å². The number of fused-ring (bicyclic) bond motifs is 5. The minimum absolute atomic E-state index is 0.0598. The molecule has 4 bridgehead atoms. The van der Waals surface area contributed by atoms with Crippen LogP contribution in [0, 0.1) is 11.3 Å². The number of Topliss-reactive ketones (excluding diaryl/α,β-unsaturated/α-hetero) is 1. The molecule has 1 aromatic rings. The van der Waals surface area contributed by atoms with Gasteiger partial charge >= 0.3 is 12.1 Å². The summed E-state index contributed by atoms with van der Waals surface area (Å²) in [6.45, 7) is 10.9. The number of amides is 3. The molecule has 3 amide bonds. The second-order valence-electron chi connectivity index (χ2n) is 16.1. The van der Waals surface area contributed by atoms with Crippen molar-refractivity contribution in [2.24, 2.45) is 11.3 Å². The van der Waals surface area contributed by atoms with E-state index in [-0.39, 0.29) is 47.8 Å². The van der Waals surface area contributed by atoms with Gasteiger partial charge in [0.15, 0.2) is 5.72 Å². The third-order valence-electron chi connectivity index (χ3n) is 11.5. The zero-order valence-electron chi connectivity index (χ0n) is 35.7. The molecule has 3 aliphatic rings. The van der Waals surface area contributed by atoms with Gasteiger partial charge in [0.1, 0.15) is 40.9 Å². The summed E-state index contributed by atoms with van der Waals surface area (Å²) in [5, 5.41) is 14.8. The zero-order chi connectivity index (χ0) is 43.8. The van der Waals surface area contributed by atoms with E-state index in [0.29, 0.717) is 30.0 Å². The van der Waals surface area contributed by atoms with Gasteiger partial charge in [0.25, 0.3) is 0 Å². The van der Waals surface area contributed by atoms with Crippen LogP contribution in [0.2, 0.25) is 5.02 Å². The van der Waals surface area contributed by atoms with Crippen molar-refractivity contribution in [3.05, 3.63) is 46.5 Å². The fourth-order valence-electron chi connectivity index (χ4n) is 7.53. The van der Waals surface area contributed by atoms with E-state index in [0.717, 1.165) is 17.6 Å². The van der Waals surface area contributed by atoms with E-state index in [2.05, 4.69) is 5.32 Å². The summed E-state index contributed by atoms with van der Waals surface area (Å²) in [5.41, 5.74) is -0.699. The average molecular weight is 883 g/mol. The van der Waals surface area contributed by atoms with Gasteiger partial charge < -0.3 is 43.4 Å². The molecular weight excluding hydrogens is 822 g/mol. The molecule has 328 valence electrons. The Balaban J connectivity index is 1.66. The number of rotatable bonds is 13. The molecule has 0 saturated carbocycles. The molecule has 17 heteroatoms. The fourth-order valence-corrected chi connectivity index (χ4v) is 10.2. The van der Waals surface area contributed by atoms with E-state index in [1.54, 1.807) is 73.8 Å². The number of benzene rings is 1. The molecule has 2 fully saturated rings. The third-order valence-corrected chi connectivity index (χ3v) is 14.8. The smallest absolute Gasteiger partial charge is 0.409 e. The Morgan fingerprint density at radius 3 is 2.53 bits per heavy atom. The van der Waals surface area contributed by atoms with Crippen molar-refractivity contribution in [3.63, 3.8) is 0 Å². The number of hydrogen-bond acceptors (Lipinski definition) is 13. The van der Waals surface area contributed by atoms with Crippen molar-refractivity contribution in [1.29, 1.82) is 0 Å². The lowest BCUT2D eigenvalue weighted by atomic mass is 9.67. The van der Waals surface area contributed by atoms with Gasteiger partial charge in [-0.1, -0.05) is 77.8 Å². The fraction of sp³-hybridized carbons (Fsp3) is 0.643. The molecule has 0 aliphatic carbocycles. The lowest BCUT2D eigenvalue weighted by Gasteiger charge is -2.55. The number of nitrogens with zero attached hydrogens (tertiary/aromatic N) is 2. The average Bonchev–Trinajstić information content (AvgIpc) is 3.17. The number of allylic oxidation sites excluding steroid dienone is 3. The van der Waals surface area contributed by atoms with Crippen LogP contribution < -0.4 is 15.0 Å². The number of nitrogens with one attached hydrogen (secondary N) is 1. The maximum absolute atomic E-state index is 14.3. The first-order valence-corrected chi connectivity index (χ1v) is 22.6. The molecule has 1 unspecified atom stereocenters. The molecule has 2 N–H and O–H groups in total.